The zero-order valence-electron chi connectivity index (χ0n) is 14.0. The molecule has 124 valence electrons. The lowest BCUT2D eigenvalue weighted by Crippen LogP contribution is -2.30. The van der Waals surface area contributed by atoms with Gasteiger partial charge < -0.3 is 5.32 Å². The first-order chi connectivity index (χ1) is 12.2. The number of benzene rings is 1. The lowest BCUT2D eigenvalue weighted by Gasteiger charge is -2.31. The third-order valence-electron chi connectivity index (χ3n) is 4.91. The fourth-order valence-corrected chi connectivity index (χ4v) is 4.74. The van der Waals surface area contributed by atoms with Crippen LogP contribution in [-0.2, 0) is 4.79 Å². The monoisotopic (exact) mass is 346 g/mol. The topological polar surface area (TPSA) is 52.9 Å². The van der Waals surface area contributed by atoms with E-state index in [1.54, 1.807) is 11.3 Å². The van der Waals surface area contributed by atoms with Crippen LogP contribution in [0.5, 0.6) is 0 Å². The van der Waals surface area contributed by atoms with Crippen molar-refractivity contribution in [3.8, 4) is 17.2 Å². The van der Waals surface area contributed by atoms with Gasteiger partial charge in [0, 0.05) is 28.3 Å². The van der Waals surface area contributed by atoms with Gasteiger partial charge in [0.05, 0.1) is 17.6 Å². The van der Waals surface area contributed by atoms with E-state index in [4.69, 9.17) is 0 Å². The first-order valence-corrected chi connectivity index (χ1v) is 9.35. The number of dihydropyridines is 1. The van der Waals surface area contributed by atoms with E-state index in [9.17, 15) is 10.1 Å². The van der Waals surface area contributed by atoms with Gasteiger partial charge in [-0.1, -0.05) is 30.3 Å². The first kappa shape index (κ1) is 15.9. The number of allylic oxidation sites excluding steroid dienone is 4. The second-order valence-electron chi connectivity index (χ2n) is 6.48. The molecule has 2 aliphatic rings. The molecule has 25 heavy (non-hydrogen) atoms. The Hall–Kier alpha value is -2.64. The number of nitrogens with zero attached hydrogens (tertiary/aromatic N) is 1. The number of nitrogens with one attached hydrogen (secondary N) is 1. The van der Waals surface area contributed by atoms with Crippen LogP contribution in [0.25, 0.3) is 11.1 Å². The Morgan fingerprint density at radius 1 is 1.20 bits per heavy atom. The smallest absolute Gasteiger partial charge is 0.161 e. The quantitative estimate of drug-likeness (QED) is 0.841. The number of ketones is 1. The Kier molecular flexibility index (Phi) is 4.03. The third-order valence-corrected chi connectivity index (χ3v) is 5.91. The molecule has 0 spiro atoms. The van der Waals surface area contributed by atoms with Gasteiger partial charge in [-0.25, -0.2) is 0 Å². The Morgan fingerprint density at radius 2 is 2.00 bits per heavy atom. The number of hydrogen-bond donors (Lipinski definition) is 1. The van der Waals surface area contributed by atoms with Crippen LogP contribution in [-0.4, -0.2) is 5.78 Å². The van der Waals surface area contributed by atoms with Crippen molar-refractivity contribution < 1.29 is 4.79 Å². The fraction of sp³-hybridized carbons (Fsp3) is 0.238. The molecule has 1 atom stereocenters. The Morgan fingerprint density at radius 3 is 2.76 bits per heavy atom. The second kappa shape index (κ2) is 6.34. The lowest BCUT2D eigenvalue weighted by atomic mass is 9.78. The van der Waals surface area contributed by atoms with Crippen molar-refractivity contribution in [2.45, 2.75) is 32.1 Å². The van der Waals surface area contributed by atoms with Crippen LogP contribution < -0.4 is 5.32 Å². The summed E-state index contributed by atoms with van der Waals surface area (Å²) >= 11 is 1.63. The van der Waals surface area contributed by atoms with Gasteiger partial charge in [0.25, 0.3) is 0 Å². The van der Waals surface area contributed by atoms with Gasteiger partial charge in [0.15, 0.2) is 5.78 Å². The average molecular weight is 346 g/mol. The van der Waals surface area contributed by atoms with E-state index in [0.717, 1.165) is 45.8 Å². The van der Waals surface area contributed by atoms with Crippen LogP contribution in [0.2, 0.25) is 0 Å². The summed E-state index contributed by atoms with van der Waals surface area (Å²) in [6.07, 6.45) is 2.34. The molecule has 1 aromatic heterocycles. The highest BCUT2D eigenvalue weighted by Crippen LogP contribution is 2.44. The zero-order chi connectivity index (χ0) is 17.4. The first-order valence-electron chi connectivity index (χ1n) is 8.47. The van der Waals surface area contributed by atoms with Crippen molar-refractivity contribution in [1.29, 1.82) is 5.26 Å². The summed E-state index contributed by atoms with van der Waals surface area (Å²) < 4.78 is 0. The van der Waals surface area contributed by atoms with Crippen LogP contribution in [0.15, 0.2) is 64.3 Å². The van der Waals surface area contributed by atoms with Gasteiger partial charge in [-0.3, -0.25) is 4.79 Å². The minimum atomic E-state index is -0.225. The summed E-state index contributed by atoms with van der Waals surface area (Å²) in [6.45, 7) is 1.93. The van der Waals surface area contributed by atoms with Crippen LogP contribution >= 0.6 is 11.3 Å². The maximum Gasteiger partial charge on any atom is 0.161 e. The summed E-state index contributed by atoms with van der Waals surface area (Å²) in [4.78, 5) is 13.7. The van der Waals surface area contributed by atoms with Crippen molar-refractivity contribution in [2.75, 3.05) is 0 Å². The summed E-state index contributed by atoms with van der Waals surface area (Å²) in [5.74, 6) is -0.0508. The molecule has 1 aromatic carbocycles. The highest BCUT2D eigenvalue weighted by Gasteiger charge is 2.36. The molecule has 0 radical (unpaired) electrons. The van der Waals surface area contributed by atoms with E-state index < -0.39 is 0 Å². The number of carbonyl (C=O) groups is 1. The van der Waals surface area contributed by atoms with Gasteiger partial charge in [-0.2, -0.15) is 5.26 Å². The minimum absolute atomic E-state index is 0.175. The molecular weight excluding hydrogens is 328 g/mol. The summed E-state index contributed by atoms with van der Waals surface area (Å²) in [5, 5.41) is 15.1. The van der Waals surface area contributed by atoms with Crippen LogP contribution in [0.4, 0.5) is 0 Å². The molecule has 0 saturated heterocycles. The summed E-state index contributed by atoms with van der Waals surface area (Å²) in [6, 6.07) is 14.7. The van der Waals surface area contributed by atoms with Crippen molar-refractivity contribution in [2.24, 2.45) is 0 Å². The molecule has 2 heterocycles. The van der Waals surface area contributed by atoms with E-state index in [1.165, 1.54) is 0 Å². The number of thiophene rings is 1. The number of Topliss-reactive ketones (excluding diaryl/α,β-unsaturated/α-hetero) is 1. The molecule has 0 bridgehead atoms. The van der Waals surface area contributed by atoms with Crippen molar-refractivity contribution in [1.82, 2.24) is 5.32 Å². The number of rotatable bonds is 2. The van der Waals surface area contributed by atoms with Gasteiger partial charge in [-0.05, 0) is 42.3 Å². The molecule has 1 aliphatic carbocycles. The third kappa shape index (κ3) is 2.71. The largest absolute Gasteiger partial charge is 0.361 e. The maximum atomic E-state index is 12.6. The molecule has 1 N–H and O–H groups in total. The predicted molar refractivity (Wildman–Crippen MR) is 99.8 cm³/mol. The fourth-order valence-electron chi connectivity index (χ4n) is 3.70. The van der Waals surface area contributed by atoms with Gasteiger partial charge in [0.2, 0.25) is 0 Å². The van der Waals surface area contributed by atoms with Crippen LogP contribution in [0.3, 0.4) is 0 Å². The molecule has 4 rings (SSSR count). The van der Waals surface area contributed by atoms with Crippen molar-refractivity contribution in [3.63, 3.8) is 0 Å². The average Bonchev–Trinajstić information content (AvgIpc) is 3.11. The van der Waals surface area contributed by atoms with E-state index in [0.29, 0.717) is 12.0 Å². The molecule has 3 nitrogen and oxygen atoms in total. The van der Waals surface area contributed by atoms with E-state index in [2.05, 4.69) is 35.0 Å². The molecule has 0 saturated carbocycles. The number of carbonyl (C=O) groups excluding carboxylic acids is 1. The molecule has 1 aliphatic heterocycles. The molecular formula is C21H18N2OS. The standard InChI is InChI=1S/C21H18N2OS/c1-13-16(11-22)20(21-17(23-13)8-5-9-18(21)24)19-10-15(12-25-19)14-6-3-2-4-7-14/h2-4,6-7,10,12,20,23H,5,8-9H2,1H3/t20-/m1/s1. The molecule has 0 amide bonds. The van der Waals surface area contributed by atoms with Gasteiger partial charge >= 0.3 is 0 Å². The molecule has 0 unspecified atom stereocenters. The van der Waals surface area contributed by atoms with Crippen molar-refractivity contribution >= 4 is 17.1 Å². The number of hydrogen-bond acceptors (Lipinski definition) is 4. The number of nitriles is 1. The normalized spacial score (nSPS) is 20.2. The molecule has 2 aromatic rings. The second-order valence-corrected chi connectivity index (χ2v) is 7.42. The zero-order valence-corrected chi connectivity index (χ0v) is 14.8. The van der Waals surface area contributed by atoms with Gasteiger partial charge in [-0.15, -0.1) is 11.3 Å². The highest BCUT2D eigenvalue weighted by atomic mass is 32.1. The predicted octanol–water partition coefficient (Wildman–Crippen LogP) is 4.91. The van der Waals surface area contributed by atoms with Gasteiger partial charge in [0.1, 0.15) is 0 Å². The van der Waals surface area contributed by atoms with Crippen LogP contribution in [0.1, 0.15) is 37.0 Å². The molecule has 4 heteroatoms. The van der Waals surface area contributed by atoms with E-state index in [1.807, 2.05) is 25.1 Å². The Bertz CT molecular complexity index is 944. The summed E-state index contributed by atoms with van der Waals surface area (Å²) in [7, 11) is 0. The Balaban J connectivity index is 1.82. The van der Waals surface area contributed by atoms with E-state index in [-0.39, 0.29) is 11.7 Å². The lowest BCUT2D eigenvalue weighted by molar-refractivity contribution is -0.116. The minimum Gasteiger partial charge on any atom is -0.361 e. The van der Waals surface area contributed by atoms with E-state index >= 15 is 0 Å². The SMILES string of the molecule is CC1=C(C#N)[C@H](c2cc(-c3ccccc3)cs2)C2=C(CCCC2=O)N1. The Labute approximate surface area is 151 Å². The highest BCUT2D eigenvalue weighted by molar-refractivity contribution is 7.10. The van der Waals surface area contributed by atoms with Crippen LogP contribution in [0, 0.1) is 11.3 Å². The maximum absolute atomic E-state index is 12.6. The van der Waals surface area contributed by atoms with Crippen molar-refractivity contribution in [3.05, 3.63) is 69.2 Å². The molecule has 0 fully saturated rings. The summed E-state index contributed by atoms with van der Waals surface area (Å²) in [5.41, 5.74) is 5.63.